The number of piperidine rings is 1. The fraction of sp³-hybridized carbons (Fsp3) is 0.467. The van der Waals surface area contributed by atoms with Gasteiger partial charge in [0.2, 0.25) is 0 Å². The number of carboxylic acid groups (broad SMARTS) is 1. The Morgan fingerprint density at radius 2 is 2.05 bits per heavy atom. The van der Waals surface area contributed by atoms with Gasteiger partial charge in [0.15, 0.2) is 0 Å². The Bertz CT molecular complexity index is 483. The van der Waals surface area contributed by atoms with E-state index in [1.165, 1.54) is 0 Å². The molecule has 2 rings (SSSR count). The first kappa shape index (κ1) is 14.4. The second-order valence-electron chi connectivity index (χ2n) is 4.89. The highest BCUT2D eigenvalue weighted by Gasteiger charge is 2.26. The average molecular weight is 277 g/mol. The van der Waals surface area contributed by atoms with Gasteiger partial charge in [-0.05, 0) is 44.0 Å². The molecule has 5 nitrogen and oxygen atoms in total. The minimum absolute atomic E-state index is 0.0946. The van der Waals surface area contributed by atoms with Crippen molar-refractivity contribution in [3.63, 3.8) is 0 Å². The lowest BCUT2D eigenvalue weighted by Crippen LogP contribution is -2.39. The molecule has 0 amide bonds. The molecule has 1 aliphatic heterocycles. The van der Waals surface area contributed by atoms with Crippen LogP contribution in [-0.4, -0.2) is 36.7 Å². The van der Waals surface area contributed by atoms with E-state index in [9.17, 15) is 9.59 Å². The molecule has 0 spiro atoms. The lowest BCUT2D eigenvalue weighted by atomic mass is 9.97. The first-order valence-corrected chi connectivity index (χ1v) is 6.86. The summed E-state index contributed by atoms with van der Waals surface area (Å²) in [6.07, 6.45) is 1.78. The second-order valence-corrected chi connectivity index (χ2v) is 4.89. The molecule has 1 aromatic rings. The van der Waals surface area contributed by atoms with Gasteiger partial charge in [-0.25, -0.2) is 4.79 Å². The highest BCUT2D eigenvalue weighted by atomic mass is 16.5. The molecule has 1 saturated heterocycles. The number of aromatic carboxylic acids is 1. The quantitative estimate of drug-likeness (QED) is 0.854. The number of rotatable bonds is 4. The molecule has 1 aliphatic rings. The zero-order valence-electron chi connectivity index (χ0n) is 11.5. The summed E-state index contributed by atoms with van der Waals surface area (Å²) < 4.78 is 5.07. The van der Waals surface area contributed by atoms with Gasteiger partial charge in [-0.3, -0.25) is 4.79 Å². The van der Waals surface area contributed by atoms with Gasteiger partial charge in [0.25, 0.3) is 0 Å². The van der Waals surface area contributed by atoms with Gasteiger partial charge in [-0.1, -0.05) is 0 Å². The number of anilines is 1. The van der Waals surface area contributed by atoms with Gasteiger partial charge in [0, 0.05) is 18.8 Å². The number of carbonyl (C=O) groups excluding carboxylic acids is 1. The number of carbonyl (C=O) groups is 2. The summed E-state index contributed by atoms with van der Waals surface area (Å²) in [5.41, 5.74) is 1.22. The Labute approximate surface area is 118 Å². The van der Waals surface area contributed by atoms with Crippen molar-refractivity contribution in [2.75, 3.05) is 24.6 Å². The number of carboxylic acids is 1. The van der Waals surface area contributed by atoms with E-state index in [0.29, 0.717) is 13.2 Å². The van der Waals surface area contributed by atoms with Crippen LogP contribution >= 0.6 is 0 Å². The maximum absolute atomic E-state index is 11.8. The van der Waals surface area contributed by atoms with Crippen LogP contribution in [0, 0.1) is 5.92 Å². The Hall–Kier alpha value is -2.04. The van der Waals surface area contributed by atoms with E-state index in [4.69, 9.17) is 9.84 Å². The zero-order chi connectivity index (χ0) is 14.5. The van der Waals surface area contributed by atoms with Crippen LogP contribution in [0.5, 0.6) is 0 Å². The number of benzene rings is 1. The van der Waals surface area contributed by atoms with Gasteiger partial charge in [0.05, 0.1) is 18.1 Å². The highest BCUT2D eigenvalue weighted by Crippen LogP contribution is 2.24. The maximum atomic E-state index is 11.8. The van der Waals surface area contributed by atoms with E-state index in [2.05, 4.69) is 4.90 Å². The Morgan fingerprint density at radius 3 is 2.65 bits per heavy atom. The van der Waals surface area contributed by atoms with E-state index >= 15 is 0 Å². The molecule has 20 heavy (non-hydrogen) atoms. The van der Waals surface area contributed by atoms with Crippen molar-refractivity contribution in [2.24, 2.45) is 5.92 Å². The molecule has 1 N–H and O–H groups in total. The lowest BCUT2D eigenvalue weighted by Gasteiger charge is -2.33. The molecule has 1 fully saturated rings. The summed E-state index contributed by atoms with van der Waals surface area (Å²) in [6, 6.07) is 6.76. The normalized spacial score (nSPS) is 18.6. The van der Waals surface area contributed by atoms with E-state index < -0.39 is 5.97 Å². The molecule has 0 bridgehead atoms. The van der Waals surface area contributed by atoms with Crippen LogP contribution in [-0.2, 0) is 9.53 Å². The topological polar surface area (TPSA) is 66.8 Å². The van der Waals surface area contributed by atoms with E-state index in [0.717, 1.165) is 25.1 Å². The van der Waals surface area contributed by atoms with Crippen molar-refractivity contribution in [1.29, 1.82) is 0 Å². The monoisotopic (exact) mass is 277 g/mol. The number of hydrogen-bond acceptors (Lipinski definition) is 4. The molecule has 0 aliphatic carbocycles. The van der Waals surface area contributed by atoms with Crippen molar-refractivity contribution in [2.45, 2.75) is 19.8 Å². The maximum Gasteiger partial charge on any atom is 0.335 e. The van der Waals surface area contributed by atoms with Crippen LogP contribution in [0.4, 0.5) is 5.69 Å². The summed E-state index contributed by atoms with van der Waals surface area (Å²) >= 11 is 0. The molecule has 0 saturated carbocycles. The lowest BCUT2D eigenvalue weighted by molar-refractivity contribution is -0.148. The average Bonchev–Trinajstić information content (AvgIpc) is 2.48. The highest BCUT2D eigenvalue weighted by molar-refractivity contribution is 5.88. The first-order valence-electron chi connectivity index (χ1n) is 6.86. The van der Waals surface area contributed by atoms with Gasteiger partial charge in [-0.2, -0.15) is 0 Å². The summed E-state index contributed by atoms with van der Waals surface area (Å²) in [4.78, 5) is 24.7. The number of nitrogens with zero attached hydrogens (tertiary/aromatic N) is 1. The van der Waals surface area contributed by atoms with Crippen LogP contribution in [0.3, 0.4) is 0 Å². The fourth-order valence-electron chi connectivity index (χ4n) is 2.48. The zero-order valence-corrected chi connectivity index (χ0v) is 11.5. The molecule has 1 heterocycles. The molecule has 0 aromatic heterocycles. The summed E-state index contributed by atoms with van der Waals surface area (Å²) in [6.45, 7) is 3.72. The van der Waals surface area contributed by atoms with Gasteiger partial charge in [-0.15, -0.1) is 0 Å². The predicted octanol–water partition coefficient (Wildman–Crippen LogP) is 2.16. The van der Waals surface area contributed by atoms with Crippen molar-refractivity contribution in [3.8, 4) is 0 Å². The smallest absolute Gasteiger partial charge is 0.335 e. The molecule has 0 radical (unpaired) electrons. The van der Waals surface area contributed by atoms with E-state index in [-0.39, 0.29) is 17.5 Å². The van der Waals surface area contributed by atoms with Gasteiger partial charge >= 0.3 is 11.9 Å². The van der Waals surface area contributed by atoms with Crippen LogP contribution in [0.2, 0.25) is 0 Å². The van der Waals surface area contributed by atoms with Crippen molar-refractivity contribution >= 4 is 17.6 Å². The third-order valence-corrected chi connectivity index (χ3v) is 3.52. The van der Waals surface area contributed by atoms with E-state index in [1.54, 1.807) is 24.3 Å². The van der Waals surface area contributed by atoms with Crippen LogP contribution in [0.15, 0.2) is 24.3 Å². The number of esters is 1. The largest absolute Gasteiger partial charge is 0.478 e. The Morgan fingerprint density at radius 1 is 1.35 bits per heavy atom. The molecule has 1 atom stereocenters. The van der Waals surface area contributed by atoms with Gasteiger partial charge < -0.3 is 14.7 Å². The van der Waals surface area contributed by atoms with Crippen LogP contribution < -0.4 is 4.90 Å². The fourth-order valence-corrected chi connectivity index (χ4v) is 2.48. The van der Waals surface area contributed by atoms with Crippen LogP contribution in [0.1, 0.15) is 30.1 Å². The first-order chi connectivity index (χ1) is 9.61. The molecular weight excluding hydrogens is 258 g/mol. The molecule has 1 unspecified atom stereocenters. The standard InChI is InChI=1S/C15H19NO4/c1-2-20-15(19)12-4-3-9-16(10-12)13-7-5-11(6-8-13)14(17)18/h5-8,12H,2-4,9-10H2,1H3,(H,17,18). The number of ether oxygens (including phenoxy) is 1. The third-order valence-electron chi connectivity index (χ3n) is 3.52. The van der Waals surface area contributed by atoms with Crippen molar-refractivity contribution in [1.82, 2.24) is 0 Å². The molecular formula is C15H19NO4. The molecule has 5 heteroatoms. The van der Waals surface area contributed by atoms with E-state index in [1.807, 2.05) is 6.92 Å². The second kappa shape index (κ2) is 6.41. The number of hydrogen-bond donors (Lipinski definition) is 1. The summed E-state index contributed by atoms with van der Waals surface area (Å²) in [5, 5.41) is 8.89. The van der Waals surface area contributed by atoms with Crippen LogP contribution in [0.25, 0.3) is 0 Å². The van der Waals surface area contributed by atoms with Crippen molar-refractivity contribution < 1.29 is 19.4 Å². The van der Waals surface area contributed by atoms with Crippen molar-refractivity contribution in [3.05, 3.63) is 29.8 Å². The minimum atomic E-state index is -0.931. The van der Waals surface area contributed by atoms with Gasteiger partial charge in [0.1, 0.15) is 0 Å². The molecule has 108 valence electrons. The summed E-state index contributed by atoms with van der Waals surface area (Å²) in [7, 11) is 0. The SMILES string of the molecule is CCOC(=O)C1CCCN(c2ccc(C(=O)O)cc2)C1. The third kappa shape index (κ3) is 3.29. The Balaban J connectivity index is 2.04. The Kier molecular flexibility index (Phi) is 4.61. The molecule has 1 aromatic carbocycles. The summed E-state index contributed by atoms with van der Waals surface area (Å²) in [5.74, 6) is -1.16. The minimum Gasteiger partial charge on any atom is -0.478 e. The predicted molar refractivity (Wildman–Crippen MR) is 75.0 cm³/mol.